The third-order valence-corrected chi connectivity index (χ3v) is 1.53. The topological polar surface area (TPSA) is 12.9 Å². The highest BCUT2D eigenvalue weighted by atomic mass is 19.4. The first-order chi connectivity index (χ1) is 5.41. The van der Waals surface area contributed by atoms with Crippen LogP contribution in [0.3, 0.4) is 0 Å². The van der Waals surface area contributed by atoms with Gasteiger partial charge in [-0.2, -0.15) is 13.2 Å². The Morgan fingerprint density at radius 1 is 1.25 bits per heavy atom. The number of aromatic nitrogens is 1. The number of nitrogens with zero attached hydrogens (tertiary/aromatic N) is 1. The van der Waals surface area contributed by atoms with Crippen molar-refractivity contribution in [3.8, 4) is 0 Å². The van der Waals surface area contributed by atoms with E-state index >= 15 is 0 Å². The van der Waals surface area contributed by atoms with Crippen molar-refractivity contribution in [3.63, 3.8) is 0 Å². The predicted molar refractivity (Wildman–Crippen MR) is 38.7 cm³/mol. The second-order valence-corrected chi connectivity index (χ2v) is 2.64. The van der Waals surface area contributed by atoms with Crippen LogP contribution >= 0.6 is 0 Å². The molecular weight excluding hydrogens is 167 g/mol. The number of pyridine rings is 1. The summed E-state index contributed by atoms with van der Waals surface area (Å²) in [6.45, 7) is 2.93. The number of hydrogen-bond donors (Lipinski definition) is 0. The van der Waals surface area contributed by atoms with E-state index in [1.807, 2.05) is 0 Å². The van der Waals surface area contributed by atoms with Crippen LogP contribution in [0.15, 0.2) is 12.3 Å². The molecule has 0 unspecified atom stereocenters. The van der Waals surface area contributed by atoms with Crippen molar-refractivity contribution in [3.05, 3.63) is 29.1 Å². The molecule has 0 saturated carbocycles. The lowest BCUT2D eigenvalue weighted by atomic mass is 10.1. The highest BCUT2D eigenvalue weighted by Crippen LogP contribution is 2.31. The van der Waals surface area contributed by atoms with Crippen LogP contribution in [0, 0.1) is 13.8 Å². The van der Waals surface area contributed by atoms with Crippen molar-refractivity contribution >= 4 is 0 Å². The van der Waals surface area contributed by atoms with Gasteiger partial charge in [0.2, 0.25) is 0 Å². The smallest absolute Gasteiger partial charge is 0.261 e. The molecule has 0 atom stereocenters. The monoisotopic (exact) mass is 175 g/mol. The van der Waals surface area contributed by atoms with Crippen LogP contribution in [0.1, 0.15) is 16.8 Å². The van der Waals surface area contributed by atoms with Crippen molar-refractivity contribution in [1.82, 2.24) is 4.98 Å². The van der Waals surface area contributed by atoms with E-state index in [1.54, 1.807) is 6.92 Å². The number of halogens is 3. The zero-order valence-corrected chi connectivity index (χ0v) is 6.74. The summed E-state index contributed by atoms with van der Waals surface area (Å²) in [4.78, 5) is 3.63. The fourth-order valence-corrected chi connectivity index (χ4v) is 0.925. The summed E-state index contributed by atoms with van der Waals surface area (Å²) in [5.74, 6) is 0. The fraction of sp³-hybridized carbons (Fsp3) is 0.375. The summed E-state index contributed by atoms with van der Waals surface area (Å²) in [6.07, 6.45) is -2.87. The van der Waals surface area contributed by atoms with Crippen LogP contribution in [0.25, 0.3) is 0 Å². The molecule has 0 N–H and O–H groups in total. The first kappa shape index (κ1) is 9.03. The van der Waals surface area contributed by atoms with E-state index in [9.17, 15) is 13.2 Å². The molecule has 0 aromatic carbocycles. The number of alkyl halides is 3. The molecule has 0 spiro atoms. The van der Waals surface area contributed by atoms with Gasteiger partial charge in [0.15, 0.2) is 0 Å². The average Bonchev–Trinajstić information content (AvgIpc) is 1.92. The largest absolute Gasteiger partial charge is 0.418 e. The van der Waals surface area contributed by atoms with Crippen LogP contribution in [-0.2, 0) is 6.18 Å². The molecule has 12 heavy (non-hydrogen) atoms. The van der Waals surface area contributed by atoms with Gasteiger partial charge in [0.25, 0.3) is 0 Å². The Kier molecular flexibility index (Phi) is 2.08. The summed E-state index contributed by atoms with van der Waals surface area (Å²) < 4.78 is 36.6. The third-order valence-electron chi connectivity index (χ3n) is 1.53. The van der Waals surface area contributed by atoms with E-state index in [0.29, 0.717) is 5.56 Å². The molecule has 0 saturated heterocycles. The molecule has 4 heteroatoms. The summed E-state index contributed by atoms with van der Waals surface area (Å²) in [6, 6.07) is 1.10. The maximum Gasteiger partial charge on any atom is 0.418 e. The Morgan fingerprint density at radius 2 is 1.83 bits per heavy atom. The van der Waals surface area contributed by atoms with Gasteiger partial charge in [-0.05, 0) is 25.5 Å². The Balaban J connectivity index is 3.23. The third kappa shape index (κ3) is 1.75. The van der Waals surface area contributed by atoms with Gasteiger partial charge in [0.05, 0.1) is 5.56 Å². The van der Waals surface area contributed by atoms with E-state index in [-0.39, 0.29) is 5.69 Å². The van der Waals surface area contributed by atoms with Gasteiger partial charge in [-0.25, -0.2) is 0 Å². The average molecular weight is 175 g/mol. The molecular formula is C8H8F3N. The van der Waals surface area contributed by atoms with E-state index in [1.165, 1.54) is 13.1 Å². The Hall–Kier alpha value is -1.06. The number of aryl methyl sites for hydroxylation is 2. The minimum atomic E-state index is -4.29. The molecule has 1 aromatic heterocycles. The SMILES string of the molecule is Cc1cnc(C)c(C(F)(F)F)c1. The van der Waals surface area contributed by atoms with Crippen LogP contribution in [0.2, 0.25) is 0 Å². The lowest BCUT2D eigenvalue weighted by Gasteiger charge is -2.09. The fourth-order valence-electron chi connectivity index (χ4n) is 0.925. The van der Waals surface area contributed by atoms with Crippen LogP contribution in [0.5, 0.6) is 0 Å². The van der Waals surface area contributed by atoms with Crippen LogP contribution in [-0.4, -0.2) is 4.98 Å². The quantitative estimate of drug-likeness (QED) is 0.590. The van der Waals surface area contributed by atoms with Gasteiger partial charge < -0.3 is 0 Å². The second-order valence-electron chi connectivity index (χ2n) is 2.64. The van der Waals surface area contributed by atoms with Crippen molar-refractivity contribution in [1.29, 1.82) is 0 Å². The molecule has 66 valence electrons. The molecule has 1 nitrogen and oxygen atoms in total. The molecule has 1 rings (SSSR count). The van der Waals surface area contributed by atoms with Gasteiger partial charge in [-0.3, -0.25) is 4.98 Å². The number of hydrogen-bond acceptors (Lipinski definition) is 1. The van der Waals surface area contributed by atoms with Crippen molar-refractivity contribution in [2.45, 2.75) is 20.0 Å². The minimum absolute atomic E-state index is 0.0214. The summed E-state index contributed by atoms with van der Waals surface area (Å²) >= 11 is 0. The molecule has 0 fully saturated rings. The molecule has 0 aliphatic carbocycles. The Morgan fingerprint density at radius 3 is 2.25 bits per heavy atom. The zero-order valence-electron chi connectivity index (χ0n) is 6.74. The first-order valence-electron chi connectivity index (χ1n) is 3.41. The molecule has 0 aliphatic rings. The summed E-state index contributed by atoms with van der Waals surface area (Å²) in [7, 11) is 0. The van der Waals surface area contributed by atoms with Crippen molar-refractivity contribution < 1.29 is 13.2 Å². The van der Waals surface area contributed by atoms with Crippen LogP contribution < -0.4 is 0 Å². The van der Waals surface area contributed by atoms with Gasteiger partial charge in [-0.15, -0.1) is 0 Å². The summed E-state index contributed by atoms with van der Waals surface area (Å²) in [5.41, 5.74) is -0.108. The van der Waals surface area contributed by atoms with Crippen molar-refractivity contribution in [2.24, 2.45) is 0 Å². The highest BCUT2D eigenvalue weighted by Gasteiger charge is 2.32. The van der Waals surface area contributed by atoms with Gasteiger partial charge in [0.1, 0.15) is 0 Å². The molecule has 1 heterocycles. The molecule has 0 aliphatic heterocycles. The van der Waals surface area contributed by atoms with Gasteiger partial charge >= 0.3 is 6.18 Å². The second kappa shape index (κ2) is 2.77. The maximum atomic E-state index is 12.2. The summed E-state index contributed by atoms with van der Waals surface area (Å²) in [5, 5.41) is 0. The lowest BCUT2D eigenvalue weighted by Crippen LogP contribution is -2.08. The lowest BCUT2D eigenvalue weighted by molar-refractivity contribution is -0.138. The van der Waals surface area contributed by atoms with E-state index in [2.05, 4.69) is 4.98 Å². The van der Waals surface area contributed by atoms with Gasteiger partial charge in [-0.1, -0.05) is 0 Å². The Bertz CT molecular complexity index is 291. The predicted octanol–water partition coefficient (Wildman–Crippen LogP) is 2.72. The minimum Gasteiger partial charge on any atom is -0.261 e. The zero-order chi connectivity index (χ0) is 9.35. The van der Waals surface area contributed by atoms with Gasteiger partial charge in [0, 0.05) is 11.9 Å². The number of rotatable bonds is 0. The highest BCUT2D eigenvalue weighted by molar-refractivity contribution is 5.26. The van der Waals surface area contributed by atoms with Crippen LogP contribution in [0.4, 0.5) is 13.2 Å². The molecule has 0 radical (unpaired) electrons. The normalized spacial score (nSPS) is 11.8. The standard InChI is InChI=1S/C8H8F3N/c1-5-3-7(8(9,10)11)6(2)12-4-5/h3-4H,1-2H3. The Labute approximate surface area is 68.2 Å². The maximum absolute atomic E-state index is 12.2. The van der Waals surface area contributed by atoms with E-state index in [4.69, 9.17) is 0 Å². The van der Waals surface area contributed by atoms with E-state index < -0.39 is 11.7 Å². The molecule has 0 bridgehead atoms. The van der Waals surface area contributed by atoms with Crippen molar-refractivity contribution in [2.75, 3.05) is 0 Å². The molecule has 0 amide bonds. The first-order valence-corrected chi connectivity index (χ1v) is 3.41. The van der Waals surface area contributed by atoms with E-state index in [0.717, 1.165) is 6.07 Å². The molecule has 1 aromatic rings.